The number of thioether (sulfide) groups is 1. The molecular weight excluding hydrogens is 658 g/mol. The van der Waals surface area contributed by atoms with E-state index in [1.807, 2.05) is 109 Å². The van der Waals surface area contributed by atoms with E-state index >= 15 is 0 Å². The molecule has 8 heteroatoms. The van der Waals surface area contributed by atoms with Gasteiger partial charge in [-0.1, -0.05) is 95.7 Å². The minimum Gasteiger partial charge on any atom is -0.321 e. The molecule has 1 atom stereocenters. The third kappa shape index (κ3) is 6.83. The van der Waals surface area contributed by atoms with Crippen LogP contribution in [-0.4, -0.2) is 27.5 Å². The molecule has 1 heterocycles. The SMILES string of the molecule is CCC(Sc1cccc(NC(=O)/C(=C\c2cccc(Br)c2)NC(=O)c2ccccc2)c1)C(=O)n1c2ccccc2c2ccccc21. The van der Waals surface area contributed by atoms with Gasteiger partial charge in [0.2, 0.25) is 5.91 Å². The van der Waals surface area contributed by atoms with Gasteiger partial charge in [-0.25, -0.2) is 0 Å². The van der Waals surface area contributed by atoms with Crippen LogP contribution in [0.1, 0.15) is 34.1 Å². The molecule has 5 aromatic carbocycles. The first kappa shape index (κ1) is 31.1. The molecule has 0 aliphatic heterocycles. The smallest absolute Gasteiger partial charge is 0.272 e. The highest BCUT2D eigenvalue weighted by molar-refractivity contribution is 9.10. The first-order chi connectivity index (χ1) is 22.4. The van der Waals surface area contributed by atoms with Crippen LogP contribution in [-0.2, 0) is 4.79 Å². The van der Waals surface area contributed by atoms with E-state index in [2.05, 4.69) is 26.6 Å². The van der Waals surface area contributed by atoms with Crippen LogP contribution in [0.2, 0.25) is 0 Å². The zero-order valence-electron chi connectivity index (χ0n) is 24.9. The van der Waals surface area contributed by atoms with E-state index < -0.39 is 11.8 Å². The number of aromatic nitrogens is 1. The summed E-state index contributed by atoms with van der Waals surface area (Å²) in [5.74, 6) is -0.863. The molecule has 1 aromatic heterocycles. The second kappa shape index (κ2) is 14.0. The lowest BCUT2D eigenvalue weighted by Gasteiger charge is -2.17. The molecule has 0 spiro atoms. The van der Waals surface area contributed by atoms with Crippen LogP contribution in [0.15, 0.2) is 142 Å². The Morgan fingerprint density at radius 2 is 1.43 bits per heavy atom. The molecule has 46 heavy (non-hydrogen) atoms. The Bertz CT molecular complexity index is 2050. The number of nitrogens with zero attached hydrogens (tertiary/aromatic N) is 1. The van der Waals surface area contributed by atoms with Gasteiger partial charge in [0, 0.05) is 31.4 Å². The van der Waals surface area contributed by atoms with E-state index in [1.165, 1.54) is 11.8 Å². The van der Waals surface area contributed by atoms with E-state index in [4.69, 9.17) is 0 Å². The monoisotopic (exact) mass is 687 g/mol. The van der Waals surface area contributed by atoms with Crippen molar-refractivity contribution in [3.05, 3.63) is 149 Å². The van der Waals surface area contributed by atoms with Gasteiger partial charge in [-0.3, -0.25) is 19.0 Å². The maximum atomic E-state index is 14.1. The number of benzene rings is 5. The summed E-state index contributed by atoms with van der Waals surface area (Å²) in [4.78, 5) is 41.5. The standard InChI is InChI=1S/C38H30BrN3O3S/c1-2-35(38(45)42-33-20-8-6-18-30(33)31-19-7-9-21-34(31)42)46-29-17-11-16-28(24-29)40-37(44)32(23-25-12-10-15-27(39)22-25)41-36(43)26-13-4-3-5-14-26/h3-24,35H,2H2,1H3,(H,40,44)(H,41,43)/b32-23+. The van der Waals surface area contributed by atoms with Crippen LogP contribution in [0.3, 0.4) is 0 Å². The van der Waals surface area contributed by atoms with Crippen molar-refractivity contribution in [2.45, 2.75) is 23.5 Å². The van der Waals surface area contributed by atoms with Crippen molar-refractivity contribution in [2.24, 2.45) is 0 Å². The van der Waals surface area contributed by atoms with Crippen molar-refractivity contribution in [1.29, 1.82) is 0 Å². The first-order valence-corrected chi connectivity index (χ1v) is 16.5. The lowest BCUT2D eigenvalue weighted by molar-refractivity contribution is -0.113. The molecular formula is C38H30BrN3O3S. The second-order valence-electron chi connectivity index (χ2n) is 10.6. The van der Waals surface area contributed by atoms with Crippen LogP contribution in [0.4, 0.5) is 5.69 Å². The highest BCUT2D eigenvalue weighted by atomic mass is 79.9. The van der Waals surface area contributed by atoms with Crippen molar-refractivity contribution >= 4 is 79.0 Å². The number of halogens is 1. The number of fused-ring (bicyclic) bond motifs is 3. The topological polar surface area (TPSA) is 80.2 Å². The Hall–Kier alpha value is -4.92. The minimum atomic E-state index is -0.472. The van der Waals surface area contributed by atoms with Crippen LogP contribution >= 0.6 is 27.7 Å². The number of para-hydroxylation sites is 2. The van der Waals surface area contributed by atoms with Gasteiger partial charge in [-0.05, 0) is 72.7 Å². The fourth-order valence-electron chi connectivity index (χ4n) is 5.33. The normalized spacial score (nSPS) is 12.2. The molecule has 0 radical (unpaired) electrons. The highest BCUT2D eigenvalue weighted by Gasteiger charge is 2.24. The van der Waals surface area contributed by atoms with Gasteiger partial charge in [0.15, 0.2) is 0 Å². The Morgan fingerprint density at radius 3 is 2.11 bits per heavy atom. The summed E-state index contributed by atoms with van der Waals surface area (Å²) < 4.78 is 2.67. The number of rotatable bonds is 9. The van der Waals surface area contributed by atoms with Crippen LogP contribution in [0.5, 0.6) is 0 Å². The van der Waals surface area contributed by atoms with Gasteiger partial charge in [0.05, 0.1) is 16.3 Å². The molecule has 0 fully saturated rings. The zero-order valence-corrected chi connectivity index (χ0v) is 27.3. The van der Waals surface area contributed by atoms with E-state index in [-0.39, 0.29) is 16.9 Å². The van der Waals surface area contributed by atoms with E-state index in [0.717, 1.165) is 36.7 Å². The maximum Gasteiger partial charge on any atom is 0.272 e. The third-order valence-corrected chi connectivity index (χ3v) is 9.34. The summed E-state index contributed by atoms with van der Waals surface area (Å²) in [7, 11) is 0. The molecule has 0 aliphatic rings. The average Bonchev–Trinajstić information content (AvgIpc) is 3.41. The third-order valence-electron chi connectivity index (χ3n) is 7.51. The van der Waals surface area contributed by atoms with Gasteiger partial charge in [0.1, 0.15) is 5.70 Å². The predicted molar refractivity (Wildman–Crippen MR) is 191 cm³/mol. The average molecular weight is 689 g/mol. The zero-order chi connectivity index (χ0) is 32.0. The molecule has 6 rings (SSSR count). The molecule has 0 aliphatic carbocycles. The highest BCUT2D eigenvalue weighted by Crippen LogP contribution is 2.33. The quantitative estimate of drug-likeness (QED) is 0.117. The van der Waals surface area contributed by atoms with Crippen molar-refractivity contribution in [3.63, 3.8) is 0 Å². The fraction of sp³-hybridized carbons (Fsp3) is 0.0789. The largest absolute Gasteiger partial charge is 0.321 e. The molecule has 6 nitrogen and oxygen atoms in total. The number of hydrogen-bond acceptors (Lipinski definition) is 4. The summed E-state index contributed by atoms with van der Waals surface area (Å²) >= 11 is 4.93. The molecule has 0 saturated heterocycles. The Balaban J connectivity index is 1.24. The van der Waals surface area contributed by atoms with Crippen LogP contribution in [0, 0.1) is 0 Å². The number of carbonyl (C=O) groups excluding carboxylic acids is 3. The van der Waals surface area contributed by atoms with E-state index in [1.54, 1.807) is 36.4 Å². The van der Waals surface area contributed by atoms with Crippen LogP contribution < -0.4 is 10.6 Å². The number of carbonyl (C=O) groups is 3. The maximum absolute atomic E-state index is 14.1. The van der Waals surface area contributed by atoms with Gasteiger partial charge in [-0.2, -0.15) is 0 Å². The molecule has 6 aromatic rings. The number of amides is 2. The number of hydrogen-bond donors (Lipinski definition) is 2. The van der Waals surface area contributed by atoms with E-state index in [9.17, 15) is 14.4 Å². The summed E-state index contributed by atoms with van der Waals surface area (Å²) in [5.41, 5.74) is 3.59. The van der Waals surface area contributed by atoms with Gasteiger partial charge < -0.3 is 10.6 Å². The van der Waals surface area contributed by atoms with Crippen molar-refractivity contribution in [3.8, 4) is 0 Å². The summed E-state index contributed by atoms with van der Waals surface area (Å²) in [6.07, 6.45) is 2.25. The fourth-order valence-corrected chi connectivity index (χ4v) is 6.80. The number of nitrogens with one attached hydrogen (secondary N) is 2. The molecule has 228 valence electrons. The molecule has 0 bridgehead atoms. The summed E-state index contributed by atoms with van der Waals surface area (Å²) in [5, 5.41) is 7.44. The Kier molecular flexibility index (Phi) is 9.47. The molecule has 1 unspecified atom stereocenters. The van der Waals surface area contributed by atoms with Crippen molar-refractivity contribution in [2.75, 3.05) is 5.32 Å². The van der Waals surface area contributed by atoms with Crippen molar-refractivity contribution in [1.82, 2.24) is 9.88 Å². The Labute approximate surface area is 279 Å². The molecule has 2 N–H and O–H groups in total. The summed E-state index contributed by atoms with van der Waals surface area (Å²) in [6, 6.07) is 39.5. The van der Waals surface area contributed by atoms with E-state index in [0.29, 0.717) is 17.7 Å². The van der Waals surface area contributed by atoms with Crippen molar-refractivity contribution < 1.29 is 14.4 Å². The van der Waals surface area contributed by atoms with Gasteiger partial charge in [-0.15, -0.1) is 11.8 Å². The molecule has 0 saturated carbocycles. The minimum absolute atomic E-state index is 0.00204. The molecule has 2 amide bonds. The Morgan fingerprint density at radius 1 is 0.783 bits per heavy atom. The number of anilines is 1. The second-order valence-corrected chi connectivity index (χ2v) is 12.8. The lowest BCUT2D eigenvalue weighted by atomic mass is 10.1. The predicted octanol–water partition coefficient (Wildman–Crippen LogP) is 9.18. The summed E-state index contributed by atoms with van der Waals surface area (Å²) in [6.45, 7) is 2.00. The lowest BCUT2D eigenvalue weighted by Crippen LogP contribution is -2.30. The van der Waals surface area contributed by atoms with Gasteiger partial charge >= 0.3 is 0 Å². The first-order valence-electron chi connectivity index (χ1n) is 14.9. The van der Waals surface area contributed by atoms with Gasteiger partial charge in [0.25, 0.3) is 11.8 Å². The van der Waals surface area contributed by atoms with Crippen LogP contribution in [0.25, 0.3) is 27.9 Å².